The van der Waals surface area contributed by atoms with E-state index in [9.17, 15) is 14.4 Å². The predicted octanol–water partition coefficient (Wildman–Crippen LogP) is 2.41. The Labute approximate surface area is 117 Å². The monoisotopic (exact) mass is 277 g/mol. The van der Waals surface area contributed by atoms with Crippen LogP contribution in [0.5, 0.6) is 0 Å². The summed E-state index contributed by atoms with van der Waals surface area (Å²) in [5.41, 5.74) is 1.61. The Kier molecular flexibility index (Phi) is 4.16. The maximum absolute atomic E-state index is 12.1. The molecule has 1 fully saturated rings. The second-order valence-corrected chi connectivity index (χ2v) is 5.60. The summed E-state index contributed by atoms with van der Waals surface area (Å²) >= 11 is 0. The molecule has 0 radical (unpaired) electrons. The summed E-state index contributed by atoms with van der Waals surface area (Å²) in [6.45, 7) is 5.64. The van der Waals surface area contributed by atoms with Crippen molar-refractivity contribution < 1.29 is 18.9 Å². The molecule has 0 saturated heterocycles. The van der Waals surface area contributed by atoms with Crippen molar-refractivity contribution in [3.63, 3.8) is 0 Å². The van der Waals surface area contributed by atoms with Gasteiger partial charge in [-0.1, -0.05) is 25.9 Å². The molecule has 20 heavy (non-hydrogen) atoms. The smallest absolute Gasteiger partial charge is 0.151 e. The number of carbonyl (C=O) groups excluding carboxylic acids is 3. The van der Waals surface area contributed by atoms with Gasteiger partial charge in [-0.05, 0) is 5.92 Å². The van der Waals surface area contributed by atoms with Gasteiger partial charge in [0.05, 0.1) is 5.69 Å². The van der Waals surface area contributed by atoms with E-state index in [4.69, 9.17) is 4.52 Å². The summed E-state index contributed by atoms with van der Waals surface area (Å²) in [6, 6.07) is 0. The number of rotatable bonds is 4. The summed E-state index contributed by atoms with van der Waals surface area (Å²) in [5, 5.41) is 3.95. The highest BCUT2D eigenvalue weighted by Gasteiger charge is 2.40. The Hall–Kier alpha value is -1.78. The quantitative estimate of drug-likeness (QED) is 0.790. The van der Waals surface area contributed by atoms with Crippen LogP contribution >= 0.6 is 0 Å². The highest BCUT2D eigenvalue weighted by atomic mass is 16.5. The Morgan fingerprint density at radius 1 is 1.35 bits per heavy atom. The molecular weight excluding hydrogens is 258 g/mol. The fourth-order valence-electron chi connectivity index (χ4n) is 2.75. The van der Waals surface area contributed by atoms with E-state index in [1.165, 1.54) is 6.26 Å². The molecule has 5 heteroatoms. The van der Waals surface area contributed by atoms with E-state index < -0.39 is 5.92 Å². The van der Waals surface area contributed by atoms with Crippen LogP contribution in [-0.4, -0.2) is 22.5 Å². The van der Waals surface area contributed by atoms with Crippen molar-refractivity contribution in [1.29, 1.82) is 0 Å². The number of hydrogen-bond donors (Lipinski definition) is 0. The molecule has 108 valence electrons. The average Bonchev–Trinajstić information content (AvgIpc) is 2.86. The Bertz CT molecular complexity index is 526. The normalized spacial score (nSPS) is 23.4. The number of ketones is 3. The van der Waals surface area contributed by atoms with Gasteiger partial charge < -0.3 is 4.52 Å². The Morgan fingerprint density at radius 3 is 2.45 bits per heavy atom. The highest BCUT2D eigenvalue weighted by molar-refractivity contribution is 6.20. The predicted molar refractivity (Wildman–Crippen MR) is 71.4 cm³/mol. The first-order valence-corrected chi connectivity index (χ1v) is 6.98. The number of aromatic nitrogens is 1. The topological polar surface area (TPSA) is 77.2 Å². The molecule has 1 aromatic rings. The number of Topliss-reactive ketones (excluding diaryl/α,β-unsaturated/α-hetero) is 3. The summed E-state index contributed by atoms with van der Waals surface area (Å²) in [4.78, 5) is 35.9. The highest BCUT2D eigenvalue weighted by Crippen LogP contribution is 2.35. The molecule has 2 rings (SSSR count). The van der Waals surface area contributed by atoms with Crippen LogP contribution < -0.4 is 0 Å². The van der Waals surface area contributed by atoms with E-state index in [-0.39, 0.29) is 48.4 Å². The van der Waals surface area contributed by atoms with Crippen molar-refractivity contribution in [2.75, 3.05) is 0 Å². The van der Waals surface area contributed by atoms with Crippen LogP contribution in [0.1, 0.15) is 63.1 Å². The zero-order chi connectivity index (χ0) is 14.9. The molecule has 1 aliphatic rings. The van der Waals surface area contributed by atoms with Crippen molar-refractivity contribution in [1.82, 2.24) is 5.16 Å². The lowest BCUT2D eigenvalue weighted by Crippen LogP contribution is -2.37. The molecule has 0 aromatic carbocycles. The van der Waals surface area contributed by atoms with Crippen molar-refractivity contribution >= 4 is 17.3 Å². The average molecular weight is 277 g/mol. The van der Waals surface area contributed by atoms with E-state index in [2.05, 4.69) is 5.16 Å². The molecule has 0 amide bonds. The van der Waals surface area contributed by atoms with Crippen molar-refractivity contribution in [3.8, 4) is 0 Å². The molecule has 0 atom stereocenters. The minimum atomic E-state index is -1.04. The second kappa shape index (κ2) is 5.69. The Balaban J connectivity index is 2.23. The lowest BCUT2D eigenvalue weighted by molar-refractivity contribution is -0.142. The van der Waals surface area contributed by atoms with Gasteiger partial charge in [-0.2, -0.15) is 0 Å². The summed E-state index contributed by atoms with van der Waals surface area (Å²) in [5.74, 6) is -1.89. The Morgan fingerprint density at radius 2 is 1.95 bits per heavy atom. The molecule has 0 spiro atoms. The SMILES string of the molecule is CCC(=O)C1C(=O)CC(c2conc2C(C)C)CC1=O. The van der Waals surface area contributed by atoms with E-state index in [0.29, 0.717) is 0 Å². The zero-order valence-electron chi connectivity index (χ0n) is 12.0. The molecule has 1 aromatic heterocycles. The largest absolute Gasteiger partial charge is 0.364 e. The molecule has 1 saturated carbocycles. The zero-order valence-corrected chi connectivity index (χ0v) is 12.0. The third-order valence-corrected chi connectivity index (χ3v) is 3.82. The molecular formula is C15H19NO4. The van der Waals surface area contributed by atoms with Crippen molar-refractivity contribution in [2.24, 2.45) is 5.92 Å². The van der Waals surface area contributed by atoms with Gasteiger partial charge in [0.25, 0.3) is 0 Å². The molecule has 1 heterocycles. The summed E-state index contributed by atoms with van der Waals surface area (Å²) < 4.78 is 4.99. The van der Waals surface area contributed by atoms with Gasteiger partial charge in [-0.25, -0.2) is 0 Å². The second-order valence-electron chi connectivity index (χ2n) is 5.60. The first kappa shape index (κ1) is 14.6. The minimum Gasteiger partial charge on any atom is -0.364 e. The molecule has 0 unspecified atom stereocenters. The number of hydrogen-bond acceptors (Lipinski definition) is 5. The summed E-state index contributed by atoms with van der Waals surface area (Å²) in [7, 11) is 0. The van der Waals surface area contributed by atoms with Gasteiger partial charge in [-0.15, -0.1) is 0 Å². The van der Waals surface area contributed by atoms with E-state index in [1.807, 2.05) is 13.8 Å². The lowest BCUT2D eigenvalue weighted by atomic mass is 9.74. The maximum atomic E-state index is 12.1. The van der Waals surface area contributed by atoms with Crippen molar-refractivity contribution in [2.45, 2.75) is 51.9 Å². The van der Waals surface area contributed by atoms with Gasteiger partial charge in [-0.3, -0.25) is 14.4 Å². The molecule has 0 bridgehead atoms. The van der Waals surface area contributed by atoms with Gasteiger partial charge >= 0.3 is 0 Å². The van der Waals surface area contributed by atoms with Crippen LogP contribution in [0, 0.1) is 5.92 Å². The fourth-order valence-corrected chi connectivity index (χ4v) is 2.75. The first-order chi connectivity index (χ1) is 9.45. The summed E-state index contributed by atoms with van der Waals surface area (Å²) in [6.07, 6.45) is 2.16. The standard InChI is InChI=1S/C15H19NO4/c1-4-11(17)14-12(18)5-9(6-13(14)19)10-7-20-16-15(10)8(2)3/h7-9,14H,4-6H2,1-3H3. The molecule has 0 aliphatic heterocycles. The number of carbonyl (C=O) groups is 3. The van der Waals surface area contributed by atoms with Crippen LogP contribution in [0.25, 0.3) is 0 Å². The maximum Gasteiger partial charge on any atom is 0.151 e. The van der Waals surface area contributed by atoms with Crippen LogP contribution in [-0.2, 0) is 14.4 Å². The third kappa shape index (κ3) is 2.57. The lowest BCUT2D eigenvalue weighted by Gasteiger charge is -2.25. The molecule has 0 N–H and O–H groups in total. The fraction of sp³-hybridized carbons (Fsp3) is 0.600. The van der Waals surface area contributed by atoms with Gasteiger partial charge in [0.15, 0.2) is 17.3 Å². The van der Waals surface area contributed by atoms with Gasteiger partial charge in [0, 0.05) is 30.7 Å². The van der Waals surface area contributed by atoms with Crippen LogP contribution in [0.4, 0.5) is 0 Å². The van der Waals surface area contributed by atoms with E-state index in [1.54, 1.807) is 6.92 Å². The van der Waals surface area contributed by atoms with Gasteiger partial charge in [0.2, 0.25) is 0 Å². The number of nitrogens with zero attached hydrogens (tertiary/aromatic N) is 1. The van der Waals surface area contributed by atoms with Crippen LogP contribution in [0.15, 0.2) is 10.8 Å². The van der Waals surface area contributed by atoms with Gasteiger partial charge in [0.1, 0.15) is 12.2 Å². The minimum absolute atomic E-state index is 0.170. The van der Waals surface area contributed by atoms with Crippen LogP contribution in [0.3, 0.4) is 0 Å². The van der Waals surface area contributed by atoms with E-state index >= 15 is 0 Å². The van der Waals surface area contributed by atoms with E-state index in [0.717, 1.165) is 11.3 Å². The van der Waals surface area contributed by atoms with Crippen LogP contribution in [0.2, 0.25) is 0 Å². The van der Waals surface area contributed by atoms with Crippen molar-refractivity contribution in [3.05, 3.63) is 17.5 Å². The third-order valence-electron chi connectivity index (χ3n) is 3.82. The first-order valence-electron chi connectivity index (χ1n) is 6.98. The molecule has 5 nitrogen and oxygen atoms in total. The molecule has 1 aliphatic carbocycles.